The largest absolute Gasteiger partial charge is 0.389 e. The summed E-state index contributed by atoms with van der Waals surface area (Å²) < 4.78 is 0. The van der Waals surface area contributed by atoms with Gasteiger partial charge in [-0.25, -0.2) is 0 Å². The maximum Gasteiger partial charge on any atom is 0.0743 e. The van der Waals surface area contributed by atoms with E-state index in [0.717, 1.165) is 13.0 Å². The molecule has 1 heterocycles. The van der Waals surface area contributed by atoms with E-state index in [1.54, 1.807) is 0 Å². The number of nitrogens with zero attached hydrogens (tertiary/aromatic N) is 1. The van der Waals surface area contributed by atoms with Gasteiger partial charge < -0.3 is 10.0 Å². The molecule has 0 bridgehead atoms. The smallest absolute Gasteiger partial charge is 0.0743 e. The number of likely N-dealkylation sites (tertiary alicyclic amines) is 1. The van der Waals surface area contributed by atoms with Crippen LogP contribution in [-0.2, 0) is 0 Å². The second-order valence-corrected chi connectivity index (χ2v) is 4.54. The summed E-state index contributed by atoms with van der Waals surface area (Å²) in [7, 11) is 0. The number of hydrogen-bond donors (Lipinski definition) is 1. The van der Waals surface area contributed by atoms with E-state index in [0.29, 0.717) is 0 Å². The quantitative estimate of drug-likeness (QED) is 0.727. The molecule has 0 saturated carbocycles. The minimum absolute atomic E-state index is 0.482. The molecule has 0 aromatic heterocycles. The van der Waals surface area contributed by atoms with Gasteiger partial charge in [0.25, 0.3) is 0 Å². The predicted octanol–water partition coefficient (Wildman–Crippen LogP) is 2.02. The molecular weight excluding hydrogens is 162 g/mol. The van der Waals surface area contributed by atoms with Crippen LogP contribution in [0.1, 0.15) is 46.0 Å². The molecule has 1 aliphatic rings. The van der Waals surface area contributed by atoms with Crippen LogP contribution in [0, 0.1) is 0 Å². The summed E-state index contributed by atoms with van der Waals surface area (Å²) in [6.45, 7) is 7.20. The van der Waals surface area contributed by atoms with Gasteiger partial charge in [-0.1, -0.05) is 19.8 Å². The number of aliphatic hydroxyl groups is 1. The van der Waals surface area contributed by atoms with Crippen LogP contribution in [0.15, 0.2) is 0 Å². The van der Waals surface area contributed by atoms with Gasteiger partial charge in [-0.3, -0.25) is 0 Å². The molecule has 2 heteroatoms. The molecule has 0 spiro atoms. The van der Waals surface area contributed by atoms with Crippen LogP contribution in [0.3, 0.4) is 0 Å². The first-order valence-corrected chi connectivity index (χ1v) is 5.59. The average molecular weight is 185 g/mol. The van der Waals surface area contributed by atoms with Crippen molar-refractivity contribution in [2.45, 2.75) is 51.6 Å². The number of rotatable bonds is 3. The first-order chi connectivity index (χ1) is 6.14. The van der Waals surface area contributed by atoms with Crippen molar-refractivity contribution in [1.82, 2.24) is 4.90 Å². The van der Waals surface area contributed by atoms with Crippen molar-refractivity contribution in [3.63, 3.8) is 0 Å². The van der Waals surface area contributed by atoms with Crippen molar-refractivity contribution in [3.8, 4) is 0 Å². The molecule has 0 aromatic rings. The van der Waals surface area contributed by atoms with Gasteiger partial charge in [-0.15, -0.1) is 0 Å². The Morgan fingerprint density at radius 1 is 1.15 bits per heavy atom. The molecule has 0 amide bonds. The average Bonchev–Trinajstić information content (AvgIpc) is 2.32. The maximum absolute atomic E-state index is 9.93. The van der Waals surface area contributed by atoms with E-state index in [4.69, 9.17) is 0 Å². The molecule has 1 atom stereocenters. The van der Waals surface area contributed by atoms with E-state index in [1.807, 2.05) is 6.92 Å². The SMILES string of the molecule is CCC(C)(O)CN1CCCCCC1. The van der Waals surface area contributed by atoms with Crippen molar-refractivity contribution in [2.75, 3.05) is 19.6 Å². The Labute approximate surface area is 81.9 Å². The van der Waals surface area contributed by atoms with E-state index < -0.39 is 5.60 Å². The lowest BCUT2D eigenvalue weighted by Crippen LogP contribution is -2.40. The Kier molecular flexibility index (Phi) is 4.20. The van der Waals surface area contributed by atoms with Crippen LogP contribution in [0.4, 0.5) is 0 Å². The first-order valence-electron chi connectivity index (χ1n) is 5.59. The van der Waals surface area contributed by atoms with Gasteiger partial charge in [0, 0.05) is 6.54 Å². The molecular formula is C11H23NO. The summed E-state index contributed by atoms with van der Waals surface area (Å²) in [5, 5.41) is 9.93. The molecule has 0 aromatic carbocycles. The first kappa shape index (κ1) is 11.0. The summed E-state index contributed by atoms with van der Waals surface area (Å²) in [6.07, 6.45) is 6.19. The molecule has 1 saturated heterocycles. The molecule has 2 nitrogen and oxygen atoms in total. The number of hydrogen-bond acceptors (Lipinski definition) is 2. The topological polar surface area (TPSA) is 23.5 Å². The molecule has 0 radical (unpaired) electrons. The second-order valence-electron chi connectivity index (χ2n) is 4.54. The lowest BCUT2D eigenvalue weighted by molar-refractivity contribution is 0.0174. The minimum Gasteiger partial charge on any atom is -0.389 e. The zero-order chi connectivity index (χ0) is 9.73. The Bertz CT molecular complexity index is 137. The third-order valence-electron chi connectivity index (χ3n) is 3.02. The minimum atomic E-state index is -0.482. The maximum atomic E-state index is 9.93. The fourth-order valence-electron chi connectivity index (χ4n) is 1.89. The standard InChI is InChI=1S/C11H23NO/c1-3-11(2,13)10-12-8-6-4-5-7-9-12/h13H,3-10H2,1-2H3. The van der Waals surface area contributed by atoms with Gasteiger partial charge in [-0.05, 0) is 39.3 Å². The molecule has 13 heavy (non-hydrogen) atoms. The lowest BCUT2D eigenvalue weighted by Gasteiger charge is -2.29. The van der Waals surface area contributed by atoms with E-state index >= 15 is 0 Å². The van der Waals surface area contributed by atoms with Gasteiger partial charge in [0.05, 0.1) is 5.60 Å². The molecule has 1 aliphatic heterocycles. The van der Waals surface area contributed by atoms with E-state index in [1.165, 1.54) is 38.8 Å². The van der Waals surface area contributed by atoms with Crippen LogP contribution in [0.5, 0.6) is 0 Å². The molecule has 0 aliphatic carbocycles. The highest BCUT2D eigenvalue weighted by Crippen LogP contribution is 2.15. The van der Waals surface area contributed by atoms with Crippen molar-refractivity contribution in [1.29, 1.82) is 0 Å². The zero-order valence-electron chi connectivity index (χ0n) is 9.05. The molecule has 1 rings (SSSR count). The summed E-state index contributed by atoms with van der Waals surface area (Å²) in [5.74, 6) is 0. The highest BCUT2D eigenvalue weighted by molar-refractivity contribution is 4.76. The Morgan fingerprint density at radius 3 is 2.15 bits per heavy atom. The summed E-state index contributed by atoms with van der Waals surface area (Å²) >= 11 is 0. The molecule has 1 unspecified atom stereocenters. The predicted molar refractivity (Wildman–Crippen MR) is 55.8 cm³/mol. The van der Waals surface area contributed by atoms with Crippen molar-refractivity contribution >= 4 is 0 Å². The highest BCUT2D eigenvalue weighted by Gasteiger charge is 2.21. The van der Waals surface area contributed by atoms with Crippen molar-refractivity contribution in [2.24, 2.45) is 0 Å². The third-order valence-corrected chi connectivity index (χ3v) is 3.02. The van der Waals surface area contributed by atoms with Gasteiger partial charge in [0.2, 0.25) is 0 Å². The Hall–Kier alpha value is -0.0800. The molecule has 1 N–H and O–H groups in total. The fourth-order valence-corrected chi connectivity index (χ4v) is 1.89. The van der Waals surface area contributed by atoms with Gasteiger partial charge >= 0.3 is 0 Å². The highest BCUT2D eigenvalue weighted by atomic mass is 16.3. The van der Waals surface area contributed by atoms with E-state index in [-0.39, 0.29) is 0 Å². The number of β-amino-alcohol motifs (C(OH)–C–C–N with tert-alkyl or cyclic N) is 1. The monoisotopic (exact) mass is 185 g/mol. The van der Waals surface area contributed by atoms with Gasteiger partial charge in [0.15, 0.2) is 0 Å². The molecule has 78 valence electrons. The summed E-state index contributed by atoms with van der Waals surface area (Å²) in [4.78, 5) is 2.41. The van der Waals surface area contributed by atoms with Crippen LogP contribution >= 0.6 is 0 Å². The van der Waals surface area contributed by atoms with E-state index in [2.05, 4.69) is 11.8 Å². The van der Waals surface area contributed by atoms with Crippen LogP contribution in [-0.4, -0.2) is 35.2 Å². The van der Waals surface area contributed by atoms with Gasteiger partial charge in [0.1, 0.15) is 0 Å². The normalized spacial score (nSPS) is 25.2. The summed E-state index contributed by atoms with van der Waals surface area (Å²) in [6, 6.07) is 0. The van der Waals surface area contributed by atoms with Crippen molar-refractivity contribution < 1.29 is 5.11 Å². The Balaban J connectivity index is 2.33. The summed E-state index contributed by atoms with van der Waals surface area (Å²) in [5.41, 5.74) is -0.482. The van der Waals surface area contributed by atoms with E-state index in [9.17, 15) is 5.11 Å². The third kappa shape index (κ3) is 4.10. The fraction of sp³-hybridized carbons (Fsp3) is 1.00. The van der Waals surface area contributed by atoms with Crippen molar-refractivity contribution in [3.05, 3.63) is 0 Å². The van der Waals surface area contributed by atoms with Crippen LogP contribution in [0.25, 0.3) is 0 Å². The van der Waals surface area contributed by atoms with Crippen LogP contribution in [0.2, 0.25) is 0 Å². The van der Waals surface area contributed by atoms with Gasteiger partial charge in [-0.2, -0.15) is 0 Å². The molecule has 1 fully saturated rings. The second kappa shape index (κ2) is 4.97. The van der Waals surface area contributed by atoms with Crippen LogP contribution < -0.4 is 0 Å². The lowest BCUT2D eigenvalue weighted by atomic mass is 10.0. The zero-order valence-corrected chi connectivity index (χ0v) is 9.05. The Morgan fingerprint density at radius 2 is 1.69 bits per heavy atom.